The van der Waals surface area contributed by atoms with Crippen molar-refractivity contribution >= 4 is 44.9 Å². The second-order valence-corrected chi connectivity index (χ2v) is 7.52. The Hall–Kier alpha value is -1.80. The summed E-state index contributed by atoms with van der Waals surface area (Å²) in [6.45, 7) is 0. The Morgan fingerprint density at radius 1 is 1.12 bits per heavy atom. The van der Waals surface area contributed by atoms with Crippen LogP contribution in [0.15, 0.2) is 47.4 Å². The van der Waals surface area contributed by atoms with Gasteiger partial charge in [0.05, 0.1) is 14.9 Å². The van der Waals surface area contributed by atoms with Gasteiger partial charge in [-0.15, -0.1) is 0 Å². The SMILES string of the molecule is NC(Cc1ccc(NS(=O)(=O)c2ccc(Cl)c(Cl)c2)cc1)C(=O)O. The van der Waals surface area contributed by atoms with E-state index >= 15 is 0 Å². The van der Waals surface area contributed by atoms with Gasteiger partial charge in [-0.05, 0) is 42.3 Å². The number of hydrogen-bond acceptors (Lipinski definition) is 4. The maximum Gasteiger partial charge on any atom is 0.320 e. The van der Waals surface area contributed by atoms with Crippen LogP contribution in [-0.4, -0.2) is 25.5 Å². The predicted molar refractivity (Wildman–Crippen MR) is 93.0 cm³/mol. The van der Waals surface area contributed by atoms with Crippen LogP contribution in [0.3, 0.4) is 0 Å². The molecule has 128 valence electrons. The van der Waals surface area contributed by atoms with E-state index in [0.29, 0.717) is 11.3 Å². The monoisotopic (exact) mass is 388 g/mol. The predicted octanol–water partition coefficient (Wildman–Crippen LogP) is 2.75. The number of carboxylic acids is 1. The lowest BCUT2D eigenvalue weighted by molar-refractivity contribution is -0.138. The Bertz CT molecular complexity index is 854. The summed E-state index contributed by atoms with van der Waals surface area (Å²) in [5, 5.41) is 9.18. The number of hydrogen-bond donors (Lipinski definition) is 3. The number of anilines is 1. The lowest BCUT2D eigenvalue weighted by atomic mass is 10.1. The molecule has 2 aromatic carbocycles. The summed E-state index contributed by atoms with van der Waals surface area (Å²) in [5.41, 5.74) is 6.47. The summed E-state index contributed by atoms with van der Waals surface area (Å²) in [7, 11) is -3.81. The van der Waals surface area contributed by atoms with Crippen molar-refractivity contribution < 1.29 is 18.3 Å². The summed E-state index contributed by atoms with van der Waals surface area (Å²) >= 11 is 11.6. The minimum atomic E-state index is -3.81. The van der Waals surface area contributed by atoms with E-state index in [1.807, 2.05) is 0 Å². The number of carboxylic acid groups (broad SMARTS) is 1. The van der Waals surface area contributed by atoms with Gasteiger partial charge in [0.1, 0.15) is 6.04 Å². The first-order chi connectivity index (χ1) is 11.2. The van der Waals surface area contributed by atoms with Crippen LogP contribution in [0.25, 0.3) is 0 Å². The van der Waals surface area contributed by atoms with Crippen molar-refractivity contribution in [1.29, 1.82) is 0 Å². The third kappa shape index (κ3) is 4.61. The van der Waals surface area contributed by atoms with Crippen molar-refractivity contribution in [3.05, 3.63) is 58.1 Å². The number of sulfonamides is 1. The standard InChI is InChI=1S/C15H14Cl2N2O4S/c16-12-6-5-11(8-13(12)17)24(22,23)19-10-3-1-9(2-4-10)7-14(18)15(20)21/h1-6,8,14,19H,7,18H2,(H,20,21). The number of benzene rings is 2. The van der Waals surface area contributed by atoms with E-state index in [9.17, 15) is 13.2 Å². The molecule has 0 saturated carbocycles. The van der Waals surface area contributed by atoms with E-state index in [1.165, 1.54) is 30.3 Å². The number of rotatable bonds is 6. The van der Waals surface area contributed by atoms with Gasteiger partial charge in [0.25, 0.3) is 10.0 Å². The summed E-state index contributed by atoms with van der Waals surface area (Å²) in [4.78, 5) is 10.7. The zero-order valence-electron chi connectivity index (χ0n) is 12.2. The van der Waals surface area contributed by atoms with Crippen molar-refractivity contribution in [2.45, 2.75) is 17.4 Å². The van der Waals surface area contributed by atoms with Crippen LogP contribution in [-0.2, 0) is 21.2 Å². The zero-order valence-corrected chi connectivity index (χ0v) is 14.6. The van der Waals surface area contributed by atoms with Crippen LogP contribution in [0.2, 0.25) is 10.0 Å². The fraction of sp³-hybridized carbons (Fsp3) is 0.133. The van der Waals surface area contributed by atoms with Crippen molar-refractivity contribution in [3.8, 4) is 0 Å². The molecule has 9 heteroatoms. The van der Waals surface area contributed by atoms with E-state index in [0.717, 1.165) is 0 Å². The van der Waals surface area contributed by atoms with Crippen LogP contribution in [0.1, 0.15) is 5.56 Å². The third-order valence-electron chi connectivity index (χ3n) is 3.18. The Morgan fingerprint density at radius 2 is 1.75 bits per heavy atom. The van der Waals surface area contributed by atoms with Crippen LogP contribution in [0, 0.1) is 0 Å². The molecule has 0 radical (unpaired) electrons. The maximum atomic E-state index is 12.3. The van der Waals surface area contributed by atoms with E-state index in [4.69, 9.17) is 34.0 Å². The normalized spacial score (nSPS) is 12.6. The highest BCUT2D eigenvalue weighted by atomic mass is 35.5. The highest BCUT2D eigenvalue weighted by molar-refractivity contribution is 7.92. The van der Waals surface area contributed by atoms with Crippen LogP contribution >= 0.6 is 23.2 Å². The summed E-state index contributed by atoms with van der Waals surface area (Å²) in [5.74, 6) is -1.10. The Balaban J connectivity index is 2.15. The Labute approximate surface area is 149 Å². The molecule has 2 aromatic rings. The second-order valence-electron chi connectivity index (χ2n) is 5.03. The zero-order chi connectivity index (χ0) is 17.9. The van der Waals surface area contributed by atoms with E-state index in [1.54, 1.807) is 12.1 Å². The van der Waals surface area contributed by atoms with Crippen molar-refractivity contribution in [3.63, 3.8) is 0 Å². The van der Waals surface area contributed by atoms with E-state index < -0.39 is 22.0 Å². The molecule has 1 atom stereocenters. The molecule has 0 heterocycles. The lowest BCUT2D eigenvalue weighted by Crippen LogP contribution is -2.32. The number of nitrogens with two attached hydrogens (primary N) is 1. The molecule has 0 aromatic heterocycles. The van der Waals surface area contributed by atoms with Crippen molar-refractivity contribution in [2.75, 3.05) is 4.72 Å². The Kier molecular flexibility index (Phi) is 5.71. The molecule has 4 N–H and O–H groups in total. The second kappa shape index (κ2) is 7.40. The minimum Gasteiger partial charge on any atom is -0.480 e. The highest BCUT2D eigenvalue weighted by Crippen LogP contribution is 2.26. The average molecular weight is 389 g/mol. The lowest BCUT2D eigenvalue weighted by Gasteiger charge is -2.10. The number of halogens is 2. The molecular weight excluding hydrogens is 375 g/mol. The summed E-state index contributed by atoms with van der Waals surface area (Å²) in [6.07, 6.45) is 0.148. The number of carbonyl (C=O) groups is 1. The van der Waals surface area contributed by atoms with Gasteiger partial charge in [-0.25, -0.2) is 8.42 Å². The van der Waals surface area contributed by atoms with Crippen LogP contribution < -0.4 is 10.5 Å². The molecule has 0 aliphatic heterocycles. The van der Waals surface area contributed by atoms with Gasteiger partial charge in [0.2, 0.25) is 0 Å². The first kappa shape index (κ1) is 18.5. The molecule has 0 fully saturated rings. The van der Waals surface area contributed by atoms with Crippen molar-refractivity contribution in [2.24, 2.45) is 5.73 Å². The molecule has 1 unspecified atom stereocenters. The number of nitrogens with one attached hydrogen (secondary N) is 1. The van der Waals surface area contributed by atoms with Crippen LogP contribution in [0.4, 0.5) is 5.69 Å². The van der Waals surface area contributed by atoms with Crippen LogP contribution in [0.5, 0.6) is 0 Å². The van der Waals surface area contributed by atoms with E-state index in [-0.39, 0.29) is 21.4 Å². The third-order valence-corrected chi connectivity index (χ3v) is 5.30. The fourth-order valence-electron chi connectivity index (χ4n) is 1.91. The molecule has 0 spiro atoms. The van der Waals surface area contributed by atoms with Gasteiger partial charge in [-0.1, -0.05) is 35.3 Å². The first-order valence-electron chi connectivity index (χ1n) is 6.74. The minimum absolute atomic E-state index is 0.0196. The Morgan fingerprint density at radius 3 is 2.29 bits per heavy atom. The molecule has 0 aliphatic rings. The largest absolute Gasteiger partial charge is 0.480 e. The van der Waals surface area contributed by atoms with Gasteiger partial charge in [-0.2, -0.15) is 0 Å². The molecule has 24 heavy (non-hydrogen) atoms. The molecule has 0 bridgehead atoms. The van der Waals surface area contributed by atoms with Gasteiger partial charge in [-0.3, -0.25) is 9.52 Å². The van der Waals surface area contributed by atoms with Gasteiger partial charge in [0.15, 0.2) is 0 Å². The summed E-state index contributed by atoms with van der Waals surface area (Å²) < 4.78 is 27.0. The molecule has 0 amide bonds. The van der Waals surface area contributed by atoms with E-state index in [2.05, 4.69) is 4.72 Å². The molecule has 0 saturated heterocycles. The van der Waals surface area contributed by atoms with Gasteiger partial charge >= 0.3 is 5.97 Å². The maximum absolute atomic E-state index is 12.3. The van der Waals surface area contributed by atoms with Gasteiger partial charge < -0.3 is 10.8 Å². The fourth-order valence-corrected chi connectivity index (χ4v) is 3.36. The average Bonchev–Trinajstić information content (AvgIpc) is 2.51. The molecular formula is C15H14Cl2N2O4S. The smallest absolute Gasteiger partial charge is 0.320 e. The highest BCUT2D eigenvalue weighted by Gasteiger charge is 2.16. The quantitative estimate of drug-likeness (QED) is 0.704. The molecule has 2 rings (SSSR count). The molecule has 0 aliphatic carbocycles. The molecule has 6 nitrogen and oxygen atoms in total. The topological polar surface area (TPSA) is 109 Å². The summed E-state index contributed by atoms with van der Waals surface area (Å²) in [6, 6.07) is 9.25. The van der Waals surface area contributed by atoms with Gasteiger partial charge in [0, 0.05) is 5.69 Å². The van der Waals surface area contributed by atoms with Crippen molar-refractivity contribution in [1.82, 2.24) is 0 Å². The number of aliphatic carboxylic acids is 1. The first-order valence-corrected chi connectivity index (χ1v) is 8.98.